The van der Waals surface area contributed by atoms with Crippen LogP contribution in [0.4, 0.5) is 10.5 Å². The van der Waals surface area contributed by atoms with Gasteiger partial charge in [-0.15, -0.1) is 0 Å². The second-order valence-electron chi connectivity index (χ2n) is 10.7. The van der Waals surface area contributed by atoms with Crippen molar-refractivity contribution in [1.82, 2.24) is 10.2 Å². The number of aromatic hydroxyl groups is 1. The minimum absolute atomic E-state index is 0.0756. The first kappa shape index (κ1) is 29.4. The molecule has 1 saturated carbocycles. The molecule has 2 aromatic carbocycles. The Labute approximate surface area is 229 Å². The Balaban J connectivity index is 2.01. The van der Waals surface area contributed by atoms with Crippen LogP contribution in [0.15, 0.2) is 42.5 Å². The molecule has 1 aliphatic rings. The van der Waals surface area contributed by atoms with Crippen molar-refractivity contribution < 1.29 is 24.2 Å². The Morgan fingerprint density at radius 2 is 1.71 bits per heavy atom. The van der Waals surface area contributed by atoms with Crippen LogP contribution in [0.5, 0.6) is 5.75 Å². The van der Waals surface area contributed by atoms with Crippen LogP contribution in [0.25, 0.3) is 0 Å². The van der Waals surface area contributed by atoms with Crippen molar-refractivity contribution in [2.75, 3.05) is 17.3 Å². The maximum atomic E-state index is 14.1. The minimum Gasteiger partial charge on any atom is -0.508 e. The van der Waals surface area contributed by atoms with Crippen molar-refractivity contribution in [2.45, 2.75) is 77.6 Å². The highest BCUT2D eigenvalue weighted by Gasteiger charge is 2.44. The number of ether oxygens (including phenoxy) is 1. The predicted molar refractivity (Wildman–Crippen MR) is 151 cm³/mol. The van der Waals surface area contributed by atoms with Gasteiger partial charge in [-0.2, -0.15) is 11.8 Å². The van der Waals surface area contributed by atoms with Gasteiger partial charge in [0.05, 0.1) is 0 Å². The largest absolute Gasteiger partial charge is 0.508 e. The van der Waals surface area contributed by atoms with Crippen LogP contribution in [-0.2, 0) is 14.3 Å². The number of carbonyl (C=O) groups excluding carboxylic acids is 3. The van der Waals surface area contributed by atoms with Gasteiger partial charge in [-0.25, -0.2) is 4.79 Å². The zero-order valence-electron chi connectivity index (χ0n) is 23.0. The third-order valence-electron chi connectivity index (χ3n) is 6.28. The molecular formula is C29H39N3O5S. The third kappa shape index (κ3) is 7.66. The quantitative estimate of drug-likeness (QED) is 0.375. The molecule has 1 fully saturated rings. The van der Waals surface area contributed by atoms with Crippen LogP contribution < -0.4 is 10.6 Å². The van der Waals surface area contributed by atoms with Gasteiger partial charge in [-0.05, 0) is 83.1 Å². The lowest BCUT2D eigenvalue weighted by atomic mass is 10.00. The molecule has 206 valence electrons. The zero-order chi connectivity index (χ0) is 28.0. The van der Waals surface area contributed by atoms with Crippen molar-refractivity contribution in [2.24, 2.45) is 0 Å². The summed E-state index contributed by atoms with van der Waals surface area (Å²) < 4.78 is 5.42. The van der Waals surface area contributed by atoms with E-state index in [9.17, 15) is 19.5 Å². The summed E-state index contributed by atoms with van der Waals surface area (Å²) in [4.78, 5) is 42.3. The molecule has 3 amide bonds. The van der Waals surface area contributed by atoms with Crippen LogP contribution in [-0.4, -0.2) is 57.6 Å². The molecule has 0 heterocycles. The second kappa shape index (κ2) is 12.6. The molecule has 2 atom stereocenters. The highest BCUT2D eigenvalue weighted by molar-refractivity contribution is 7.98. The average molecular weight is 542 g/mol. The van der Waals surface area contributed by atoms with Crippen LogP contribution in [0.3, 0.4) is 0 Å². The Hall–Kier alpha value is -3.20. The molecule has 8 nitrogen and oxygen atoms in total. The molecule has 0 radical (unpaired) electrons. The van der Waals surface area contributed by atoms with E-state index in [4.69, 9.17) is 4.74 Å². The number of phenols is 1. The molecule has 2 aromatic rings. The number of alkyl carbamates (subject to hydrolysis) is 1. The minimum atomic E-state index is -1.09. The van der Waals surface area contributed by atoms with E-state index in [2.05, 4.69) is 10.6 Å². The van der Waals surface area contributed by atoms with Gasteiger partial charge < -0.3 is 25.4 Å². The zero-order valence-corrected chi connectivity index (χ0v) is 23.9. The standard InChI is InChI=1S/C29H39N3O5S/c1-18-10-9-11-19(2)24(18)31-26(34)25(21-12-7-8-13-23(21)33)32(20-14-15-20)27(35)22(16-17-38-6)30-28(36)37-29(3,4)5/h7-13,20,22,25,33H,14-17H2,1-6H3,(H,30,36)(H,31,34). The van der Waals surface area contributed by atoms with Gasteiger partial charge in [-0.1, -0.05) is 36.4 Å². The van der Waals surface area contributed by atoms with Gasteiger partial charge in [-0.3, -0.25) is 9.59 Å². The SMILES string of the molecule is CSCCC(NC(=O)OC(C)(C)C)C(=O)N(C1CC1)C(C(=O)Nc1c(C)cccc1C)c1ccccc1O. The van der Waals surface area contributed by atoms with Crippen molar-refractivity contribution in [3.63, 3.8) is 0 Å². The van der Waals surface area contributed by atoms with E-state index in [1.54, 1.807) is 55.6 Å². The number of nitrogens with one attached hydrogen (secondary N) is 2. The average Bonchev–Trinajstić information content (AvgIpc) is 3.66. The summed E-state index contributed by atoms with van der Waals surface area (Å²) in [5.74, 6) is -0.253. The lowest BCUT2D eigenvalue weighted by molar-refractivity contribution is -0.141. The number of para-hydroxylation sites is 2. The highest BCUT2D eigenvalue weighted by atomic mass is 32.2. The Kier molecular flexibility index (Phi) is 9.71. The molecule has 0 aliphatic heterocycles. The molecule has 38 heavy (non-hydrogen) atoms. The van der Waals surface area contributed by atoms with Crippen molar-refractivity contribution in [3.05, 3.63) is 59.2 Å². The topological polar surface area (TPSA) is 108 Å². The fraction of sp³-hybridized carbons (Fsp3) is 0.483. The summed E-state index contributed by atoms with van der Waals surface area (Å²) in [6, 6.07) is 10.1. The van der Waals surface area contributed by atoms with Crippen LogP contribution in [0.1, 0.15) is 62.8 Å². The Morgan fingerprint density at radius 3 is 2.26 bits per heavy atom. The highest BCUT2D eigenvalue weighted by Crippen LogP contribution is 2.39. The molecule has 0 saturated heterocycles. The normalized spacial score (nSPS) is 14.8. The number of hydrogen-bond donors (Lipinski definition) is 3. The number of carbonyl (C=O) groups is 3. The number of rotatable bonds is 10. The van der Waals surface area contributed by atoms with Gasteiger partial charge in [0.15, 0.2) is 0 Å². The molecular weight excluding hydrogens is 502 g/mol. The van der Waals surface area contributed by atoms with E-state index in [0.717, 1.165) is 24.0 Å². The third-order valence-corrected chi connectivity index (χ3v) is 6.93. The van der Waals surface area contributed by atoms with E-state index in [0.29, 0.717) is 23.4 Å². The number of anilines is 1. The molecule has 0 aromatic heterocycles. The maximum Gasteiger partial charge on any atom is 0.408 e. The first-order valence-corrected chi connectivity index (χ1v) is 14.3. The number of benzene rings is 2. The molecule has 0 spiro atoms. The van der Waals surface area contributed by atoms with Crippen molar-refractivity contribution >= 4 is 35.4 Å². The summed E-state index contributed by atoms with van der Waals surface area (Å²) in [5.41, 5.74) is 2.06. The molecule has 3 rings (SSSR count). The van der Waals surface area contributed by atoms with Crippen LogP contribution in [0.2, 0.25) is 0 Å². The number of amides is 3. The van der Waals surface area contributed by atoms with Gasteiger partial charge >= 0.3 is 6.09 Å². The van der Waals surface area contributed by atoms with E-state index in [1.807, 2.05) is 38.3 Å². The Morgan fingerprint density at radius 1 is 1.08 bits per heavy atom. The number of hydrogen-bond acceptors (Lipinski definition) is 6. The van der Waals surface area contributed by atoms with E-state index in [-0.39, 0.29) is 17.7 Å². The van der Waals surface area contributed by atoms with Crippen LogP contribution >= 0.6 is 11.8 Å². The molecule has 9 heteroatoms. The molecule has 1 aliphatic carbocycles. The van der Waals surface area contributed by atoms with Crippen molar-refractivity contribution in [1.29, 1.82) is 0 Å². The first-order chi connectivity index (χ1) is 17.9. The van der Waals surface area contributed by atoms with Gasteiger partial charge in [0, 0.05) is 17.3 Å². The number of thioether (sulfide) groups is 1. The molecule has 2 unspecified atom stereocenters. The Bertz CT molecular complexity index is 1140. The van der Waals surface area contributed by atoms with Crippen molar-refractivity contribution in [3.8, 4) is 5.75 Å². The smallest absolute Gasteiger partial charge is 0.408 e. The van der Waals surface area contributed by atoms with E-state index >= 15 is 0 Å². The fourth-order valence-corrected chi connectivity index (χ4v) is 4.80. The summed E-state index contributed by atoms with van der Waals surface area (Å²) >= 11 is 1.56. The summed E-state index contributed by atoms with van der Waals surface area (Å²) in [6.45, 7) is 9.09. The van der Waals surface area contributed by atoms with Gasteiger partial charge in [0.25, 0.3) is 5.91 Å². The fourth-order valence-electron chi connectivity index (χ4n) is 4.33. The number of aryl methyl sites for hydroxylation is 2. The molecule has 0 bridgehead atoms. The lowest BCUT2D eigenvalue weighted by Gasteiger charge is -2.35. The predicted octanol–water partition coefficient (Wildman–Crippen LogP) is 5.33. The number of phenolic OH excluding ortho intramolecular Hbond substituents is 1. The number of nitrogens with zero attached hydrogens (tertiary/aromatic N) is 1. The van der Waals surface area contributed by atoms with Gasteiger partial charge in [0.1, 0.15) is 23.4 Å². The summed E-state index contributed by atoms with van der Waals surface area (Å²) in [7, 11) is 0. The first-order valence-electron chi connectivity index (χ1n) is 12.9. The molecule has 3 N–H and O–H groups in total. The lowest BCUT2D eigenvalue weighted by Crippen LogP contribution is -2.53. The van der Waals surface area contributed by atoms with Gasteiger partial charge in [0.2, 0.25) is 5.91 Å². The monoisotopic (exact) mass is 541 g/mol. The van der Waals surface area contributed by atoms with E-state index < -0.39 is 29.7 Å². The summed E-state index contributed by atoms with van der Waals surface area (Å²) in [6.07, 6.45) is 3.07. The van der Waals surface area contributed by atoms with Crippen LogP contribution in [0, 0.1) is 13.8 Å². The maximum absolute atomic E-state index is 14.1. The second-order valence-corrected chi connectivity index (χ2v) is 11.7. The summed E-state index contributed by atoms with van der Waals surface area (Å²) in [5, 5.41) is 16.5. The van der Waals surface area contributed by atoms with E-state index in [1.165, 1.54) is 6.07 Å².